The minimum atomic E-state index is -1.08. The fraction of sp³-hybridized carbons (Fsp3) is 0.700. The van der Waals surface area contributed by atoms with E-state index in [0.717, 1.165) is 0 Å². The van der Waals surface area contributed by atoms with Gasteiger partial charge in [0.05, 0.1) is 13.5 Å². The summed E-state index contributed by atoms with van der Waals surface area (Å²) in [6.07, 6.45) is 0.371. The predicted molar refractivity (Wildman–Crippen MR) is 59.5 cm³/mol. The molecule has 0 aliphatic carbocycles. The number of urea groups is 1. The molecule has 0 rings (SSSR count). The quantitative estimate of drug-likeness (QED) is 0.646. The minimum Gasteiger partial charge on any atom is -0.480 e. The zero-order valence-electron chi connectivity index (χ0n) is 10.2. The largest absolute Gasteiger partial charge is 0.480 e. The van der Waals surface area contributed by atoms with Crippen molar-refractivity contribution in [2.24, 2.45) is 0 Å². The molecule has 0 fully saturated rings. The molecule has 0 aromatic carbocycles. The van der Waals surface area contributed by atoms with Crippen molar-refractivity contribution in [2.75, 3.05) is 20.7 Å². The van der Waals surface area contributed by atoms with Crippen LogP contribution in [0.1, 0.15) is 19.8 Å². The Kier molecular flexibility index (Phi) is 6.69. The average molecular weight is 246 g/mol. The van der Waals surface area contributed by atoms with E-state index in [9.17, 15) is 14.4 Å². The highest BCUT2D eigenvalue weighted by Crippen LogP contribution is 1.95. The first-order valence-electron chi connectivity index (χ1n) is 5.23. The van der Waals surface area contributed by atoms with E-state index in [4.69, 9.17) is 5.11 Å². The molecule has 0 heterocycles. The van der Waals surface area contributed by atoms with Gasteiger partial charge in [-0.2, -0.15) is 0 Å². The minimum absolute atomic E-state index is 0.0737. The normalized spacial score (nSPS) is 11.5. The summed E-state index contributed by atoms with van der Waals surface area (Å²) in [6.45, 7) is 1.84. The molecule has 0 radical (unpaired) electrons. The van der Waals surface area contributed by atoms with Crippen LogP contribution < -0.4 is 5.32 Å². The Hall–Kier alpha value is -1.79. The summed E-state index contributed by atoms with van der Waals surface area (Å²) in [6, 6.07) is -1.44. The molecule has 17 heavy (non-hydrogen) atoms. The number of ether oxygens (including phenoxy) is 1. The second kappa shape index (κ2) is 7.48. The van der Waals surface area contributed by atoms with Crippen LogP contribution in [0.5, 0.6) is 0 Å². The van der Waals surface area contributed by atoms with Crippen molar-refractivity contribution < 1.29 is 24.2 Å². The van der Waals surface area contributed by atoms with E-state index in [1.807, 2.05) is 0 Å². The lowest BCUT2D eigenvalue weighted by Gasteiger charge is -2.20. The summed E-state index contributed by atoms with van der Waals surface area (Å²) in [5.74, 6) is -1.50. The molecule has 2 amide bonds. The Morgan fingerprint density at radius 2 is 2.00 bits per heavy atom. The maximum Gasteiger partial charge on any atom is 0.326 e. The van der Waals surface area contributed by atoms with E-state index in [1.54, 1.807) is 6.92 Å². The first-order chi connectivity index (χ1) is 7.92. The first-order valence-corrected chi connectivity index (χ1v) is 5.23. The molecule has 0 bridgehead atoms. The molecular formula is C10H18N2O5. The fourth-order valence-electron chi connectivity index (χ4n) is 1.06. The monoisotopic (exact) mass is 246 g/mol. The number of carboxylic acids is 1. The summed E-state index contributed by atoms with van der Waals surface area (Å²) in [5.41, 5.74) is 0. The highest BCUT2D eigenvalue weighted by molar-refractivity contribution is 5.82. The lowest BCUT2D eigenvalue weighted by molar-refractivity contribution is -0.141. The van der Waals surface area contributed by atoms with E-state index in [1.165, 1.54) is 19.1 Å². The molecule has 0 spiro atoms. The zero-order chi connectivity index (χ0) is 13.4. The molecule has 1 unspecified atom stereocenters. The van der Waals surface area contributed by atoms with Gasteiger partial charge in [0.1, 0.15) is 6.04 Å². The molecule has 0 aromatic rings. The van der Waals surface area contributed by atoms with Gasteiger partial charge in [0.25, 0.3) is 0 Å². The van der Waals surface area contributed by atoms with Gasteiger partial charge in [-0.3, -0.25) is 4.79 Å². The lowest BCUT2D eigenvalue weighted by atomic mass is 10.2. The van der Waals surface area contributed by atoms with Gasteiger partial charge in [0.2, 0.25) is 0 Å². The van der Waals surface area contributed by atoms with Gasteiger partial charge in [-0.1, -0.05) is 6.92 Å². The van der Waals surface area contributed by atoms with Gasteiger partial charge in [-0.05, 0) is 6.42 Å². The number of carbonyl (C=O) groups is 3. The average Bonchev–Trinajstić information content (AvgIpc) is 2.31. The first kappa shape index (κ1) is 15.2. The SMILES string of the molecule is CCC(NC(=O)N(C)CCC(=O)OC)C(=O)O. The molecule has 7 heteroatoms. The van der Waals surface area contributed by atoms with Crippen LogP contribution in [-0.2, 0) is 14.3 Å². The van der Waals surface area contributed by atoms with Crippen LogP contribution in [-0.4, -0.2) is 54.7 Å². The maximum atomic E-state index is 11.5. The zero-order valence-corrected chi connectivity index (χ0v) is 10.2. The van der Waals surface area contributed by atoms with Crippen molar-refractivity contribution in [3.05, 3.63) is 0 Å². The molecule has 0 aliphatic heterocycles. The topological polar surface area (TPSA) is 95.9 Å². The van der Waals surface area contributed by atoms with E-state index >= 15 is 0 Å². The Balaban J connectivity index is 4.12. The van der Waals surface area contributed by atoms with Crippen LogP contribution >= 0.6 is 0 Å². The lowest BCUT2D eigenvalue weighted by Crippen LogP contribution is -2.46. The number of amides is 2. The third-order valence-corrected chi connectivity index (χ3v) is 2.23. The van der Waals surface area contributed by atoms with Gasteiger partial charge >= 0.3 is 18.0 Å². The molecule has 2 N–H and O–H groups in total. The number of hydrogen-bond acceptors (Lipinski definition) is 4. The fourth-order valence-corrected chi connectivity index (χ4v) is 1.06. The number of rotatable bonds is 6. The Morgan fingerprint density at radius 3 is 2.41 bits per heavy atom. The van der Waals surface area contributed by atoms with E-state index < -0.39 is 24.0 Å². The van der Waals surface area contributed by atoms with Crippen LogP contribution in [0.2, 0.25) is 0 Å². The standard InChI is InChI=1S/C10H18N2O5/c1-4-7(9(14)15)11-10(16)12(2)6-5-8(13)17-3/h7H,4-6H2,1-3H3,(H,11,16)(H,14,15). The number of esters is 1. The van der Waals surface area contributed by atoms with Crippen LogP contribution in [0.4, 0.5) is 4.79 Å². The predicted octanol–water partition coefficient (Wildman–Crippen LogP) is 0.0541. The van der Waals surface area contributed by atoms with Crippen molar-refractivity contribution >= 4 is 18.0 Å². The summed E-state index contributed by atoms with van der Waals surface area (Å²) in [4.78, 5) is 34.3. The van der Waals surface area contributed by atoms with Crippen molar-refractivity contribution in [1.29, 1.82) is 0 Å². The second-order valence-corrected chi connectivity index (χ2v) is 3.50. The molecule has 1 atom stereocenters. The van der Waals surface area contributed by atoms with Crippen molar-refractivity contribution in [2.45, 2.75) is 25.8 Å². The summed E-state index contributed by atoms with van der Waals surface area (Å²) < 4.78 is 4.43. The smallest absolute Gasteiger partial charge is 0.326 e. The van der Waals surface area contributed by atoms with Crippen LogP contribution in [0, 0.1) is 0 Å². The highest BCUT2D eigenvalue weighted by atomic mass is 16.5. The Labute approximate surface area is 99.7 Å². The van der Waals surface area contributed by atoms with Gasteiger partial charge in [0, 0.05) is 13.6 Å². The summed E-state index contributed by atoms with van der Waals surface area (Å²) in [7, 11) is 2.74. The van der Waals surface area contributed by atoms with E-state index in [2.05, 4.69) is 10.1 Å². The van der Waals surface area contributed by atoms with Crippen molar-refractivity contribution in [3.8, 4) is 0 Å². The number of nitrogens with one attached hydrogen (secondary N) is 1. The molecule has 0 aliphatic rings. The number of hydrogen-bond donors (Lipinski definition) is 2. The highest BCUT2D eigenvalue weighted by Gasteiger charge is 2.19. The van der Waals surface area contributed by atoms with Gasteiger partial charge in [-0.25, -0.2) is 9.59 Å². The van der Waals surface area contributed by atoms with E-state index in [-0.39, 0.29) is 13.0 Å². The summed E-state index contributed by atoms with van der Waals surface area (Å²) >= 11 is 0. The van der Waals surface area contributed by atoms with Gasteiger partial charge < -0.3 is 20.1 Å². The third-order valence-electron chi connectivity index (χ3n) is 2.23. The number of methoxy groups -OCH3 is 1. The van der Waals surface area contributed by atoms with Crippen LogP contribution in [0.3, 0.4) is 0 Å². The molecule has 7 nitrogen and oxygen atoms in total. The maximum absolute atomic E-state index is 11.5. The molecule has 0 saturated carbocycles. The number of carbonyl (C=O) groups excluding carboxylic acids is 2. The molecule has 0 aromatic heterocycles. The second-order valence-electron chi connectivity index (χ2n) is 3.50. The van der Waals surface area contributed by atoms with Gasteiger partial charge in [0.15, 0.2) is 0 Å². The molecule has 0 saturated heterocycles. The third kappa shape index (κ3) is 5.74. The van der Waals surface area contributed by atoms with E-state index in [0.29, 0.717) is 6.42 Å². The number of carboxylic acid groups (broad SMARTS) is 1. The van der Waals surface area contributed by atoms with Crippen LogP contribution in [0.15, 0.2) is 0 Å². The van der Waals surface area contributed by atoms with Crippen molar-refractivity contribution in [3.63, 3.8) is 0 Å². The van der Waals surface area contributed by atoms with Gasteiger partial charge in [-0.15, -0.1) is 0 Å². The number of nitrogens with zero attached hydrogens (tertiary/aromatic N) is 1. The van der Waals surface area contributed by atoms with Crippen LogP contribution in [0.25, 0.3) is 0 Å². The Bertz CT molecular complexity index is 292. The summed E-state index contributed by atoms with van der Waals surface area (Å²) in [5, 5.41) is 11.1. The molecular weight excluding hydrogens is 228 g/mol. The number of aliphatic carboxylic acids is 1. The molecule has 98 valence electrons. The van der Waals surface area contributed by atoms with Crippen molar-refractivity contribution in [1.82, 2.24) is 10.2 Å². The Morgan fingerprint density at radius 1 is 1.41 bits per heavy atom.